The van der Waals surface area contributed by atoms with Crippen LogP contribution in [0.25, 0.3) is 16.5 Å². The molecule has 0 amide bonds. The van der Waals surface area contributed by atoms with Gasteiger partial charge in [0.25, 0.3) is 0 Å². The van der Waals surface area contributed by atoms with Crippen LogP contribution >= 0.6 is 0 Å². The molecule has 1 aromatic carbocycles. The minimum absolute atomic E-state index is 0.0192. The maximum absolute atomic E-state index is 11.5. The molecule has 4 aliphatic carbocycles. The standard InChI is InChI=1S/C29H35N3O3/c1-26-9-8-19-20-13-28(20)25(34)24(33)22(32(2)3)14-27(28)10-11-29(19,35-27)23(26)7-6-18(26)16-4-5-17-15-30-31-21(17)12-16/h4-6,8,12,15,20,22-25,33-34H,7,9-11,13-14H2,1-3H3,(H,30,31). The number of ether oxygens (including phenoxy) is 1. The number of hydrogen-bond donors (Lipinski definition) is 3. The van der Waals surface area contributed by atoms with Crippen molar-refractivity contribution >= 4 is 16.5 Å². The summed E-state index contributed by atoms with van der Waals surface area (Å²) in [5, 5.41) is 31.1. The van der Waals surface area contributed by atoms with Gasteiger partial charge in [0.05, 0.1) is 35.1 Å². The van der Waals surface area contributed by atoms with E-state index in [9.17, 15) is 10.2 Å². The van der Waals surface area contributed by atoms with E-state index in [-0.39, 0.29) is 28.1 Å². The summed E-state index contributed by atoms with van der Waals surface area (Å²) in [7, 11) is 4.03. The fraction of sp³-hybridized carbons (Fsp3) is 0.621. The summed E-state index contributed by atoms with van der Waals surface area (Å²) in [6.07, 6.45) is 11.2. The third-order valence-corrected chi connectivity index (χ3v) is 11.4. The minimum atomic E-state index is -0.725. The van der Waals surface area contributed by atoms with Crippen molar-refractivity contribution < 1.29 is 14.9 Å². The Labute approximate surface area is 206 Å². The molecule has 1 aromatic heterocycles. The number of fused-ring (bicyclic) bond motifs is 3. The van der Waals surface area contributed by atoms with Crippen molar-refractivity contribution in [3.05, 3.63) is 47.7 Å². The first kappa shape index (κ1) is 21.1. The molecule has 3 spiro atoms. The molecule has 3 N–H and O–H groups in total. The monoisotopic (exact) mass is 473 g/mol. The lowest BCUT2D eigenvalue weighted by molar-refractivity contribution is -0.248. The van der Waals surface area contributed by atoms with Crippen LogP contribution in [-0.4, -0.2) is 68.9 Å². The van der Waals surface area contributed by atoms with Crippen LogP contribution in [0.2, 0.25) is 0 Å². The molecule has 2 bridgehead atoms. The first-order valence-corrected chi connectivity index (χ1v) is 13.3. The summed E-state index contributed by atoms with van der Waals surface area (Å²) in [4.78, 5) is 2.08. The second-order valence-electron chi connectivity index (χ2n) is 12.8. The second-order valence-corrected chi connectivity index (χ2v) is 12.8. The molecule has 6 aliphatic rings. The second kappa shape index (κ2) is 6.28. The Morgan fingerprint density at radius 2 is 2.00 bits per heavy atom. The molecule has 8 rings (SSSR count). The topological polar surface area (TPSA) is 81.6 Å². The summed E-state index contributed by atoms with van der Waals surface area (Å²) < 4.78 is 7.43. The summed E-state index contributed by atoms with van der Waals surface area (Å²) >= 11 is 0. The Kier molecular flexibility index (Phi) is 3.79. The molecule has 2 aromatic rings. The molecule has 35 heavy (non-hydrogen) atoms. The normalized spacial score (nSPS) is 49.3. The predicted molar refractivity (Wildman–Crippen MR) is 133 cm³/mol. The SMILES string of the molecule is CN(C)C1CC23CCC4(O2)C(=CCC2(C)C(c5ccc6cn[nH]c6c5)=CCC24)C2CC23C(O)C1O. The van der Waals surface area contributed by atoms with Gasteiger partial charge in [-0.15, -0.1) is 0 Å². The lowest BCUT2D eigenvalue weighted by atomic mass is 9.57. The van der Waals surface area contributed by atoms with Crippen molar-refractivity contribution in [2.24, 2.45) is 22.7 Å². The molecule has 2 saturated heterocycles. The molecular weight excluding hydrogens is 438 g/mol. The van der Waals surface area contributed by atoms with Gasteiger partial charge in [-0.1, -0.05) is 31.2 Å². The molecule has 9 atom stereocenters. The number of nitrogens with zero attached hydrogens (tertiary/aromatic N) is 2. The maximum Gasteiger partial charge on any atom is 0.0961 e. The fourth-order valence-corrected chi connectivity index (χ4v) is 9.74. The summed E-state index contributed by atoms with van der Waals surface area (Å²) in [6.45, 7) is 2.45. The molecule has 4 fully saturated rings. The summed E-state index contributed by atoms with van der Waals surface area (Å²) in [5.41, 5.74) is 4.39. The Bertz CT molecular complexity index is 1330. The number of likely N-dealkylation sites (N-methyl/N-ethyl adjacent to an activating group) is 1. The Hall–Kier alpha value is -1.99. The molecule has 6 nitrogen and oxygen atoms in total. The van der Waals surface area contributed by atoms with Gasteiger partial charge < -0.3 is 19.8 Å². The van der Waals surface area contributed by atoms with Crippen molar-refractivity contribution in [3.8, 4) is 0 Å². The minimum Gasteiger partial charge on any atom is -0.390 e. The van der Waals surface area contributed by atoms with E-state index < -0.39 is 12.2 Å². The summed E-state index contributed by atoms with van der Waals surface area (Å²) in [5.74, 6) is 0.753. The number of hydrogen-bond acceptors (Lipinski definition) is 5. The van der Waals surface area contributed by atoms with Crippen LogP contribution in [0.3, 0.4) is 0 Å². The number of aliphatic hydroxyl groups excluding tert-OH is 2. The van der Waals surface area contributed by atoms with E-state index in [4.69, 9.17) is 4.74 Å². The van der Waals surface area contributed by atoms with Crippen molar-refractivity contribution in [2.45, 2.75) is 74.9 Å². The molecule has 184 valence electrons. The van der Waals surface area contributed by atoms with E-state index in [2.05, 4.69) is 52.4 Å². The zero-order chi connectivity index (χ0) is 24.0. The van der Waals surface area contributed by atoms with E-state index in [1.807, 2.05) is 20.3 Å². The zero-order valence-corrected chi connectivity index (χ0v) is 20.8. The molecule has 9 unspecified atom stereocenters. The molecular formula is C29H35N3O3. The zero-order valence-electron chi connectivity index (χ0n) is 20.8. The van der Waals surface area contributed by atoms with E-state index in [1.165, 1.54) is 16.7 Å². The maximum atomic E-state index is 11.5. The van der Waals surface area contributed by atoms with Crippen LogP contribution in [0.5, 0.6) is 0 Å². The van der Waals surface area contributed by atoms with Gasteiger partial charge in [0.2, 0.25) is 0 Å². The van der Waals surface area contributed by atoms with Gasteiger partial charge >= 0.3 is 0 Å². The van der Waals surface area contributed by atoms with Crippen LogP contribution in [0.4, 0.5) is 0 Å². The first-order chi connectivity index (χ1) is 16.8. The quantitative estimate of drug-likeness (QED) is 0.580. The number of H-pyrrole nitrogens is 1. The first-order valence-electron chi connectivity index (χ1n) is 13.3. The Morgan fingerprint density at radius 1 is 1.14 bits per heavy atom. The number of allylic oxidation sites excluding steroid dienone is 3. The van der Waals surface area contributed by atoms with Gasteiger partial charge in [-0.3, -0.25) is 5.10 Å². The van der Waals surface area contributed by atoms with Gasteiger partial charge in [0.15, 0.2) is 0 Å². The number of aromatic nitrogens is 2. The molecule has 0 radical (unpaired) electrons. The van der Waals surface area contributed by atoms with Crippen molar-refractivity contribution in [1.82, 2.24) is 15.1 Å². The molecule has 3 heterocycles. The Morgan fingerprint density at radius 3 is 2.83 bits per heavy atom. The lowest BCUT2D eigenvalue weighted by Gasteiger charge is -2.59. The lowest BCUT2D eigenvalue weighted by Crippen LogP contribution is -2.67. The van der Waals surface area contributed by atoms with E-state index in [1.54, 1.807) is 0 Å². The third kappa shape index (κ3) is 2.22. The van der Waals surface area contributed by atoms with Crippen molar-refractivity contribution in [3.63, 3.8) is 0 Å². The fourth-order valence-electron chi connectivity index (χ4n) is 9.74. The summed E-state index contributed by atoms with van der Waals surface area (Å²) in [6, 6.07) is 6.59. The van der Waals surface area contributed by atoms with Crippen LogP contribution in [-0.2, 0) is 4.74 Å². The highest BCUT2D eigenvalue weighted by atomic mass is 16.5. The van der Waals surface area contributed by atoms with Gasteiger partial charge in [-0.25, -0.2) is 0 Å². The van der Waals surface area contributed by atoms with Gasteiger partial charge in [-0.2, -0.15) is 5.10 Å². The van der Waals surface area contributed by atoms with Gasteiger partial charge in [0, 0.05) is 28.2 Å². The van der Waals surface area contributed by atoms with Crippen LogP contribution < -0.4 is 0 Å². The molecule has 2 saturated carbocycles. The van der Waals surface area contributed by atoms with Crippen LogP contribution in [0.1, 0.15) is 51.0 Å². The van der Waals surface area contributed by atoms with E-state index >= 15 is 0 Å². The molecule has 2 aliphatic heterocycles. The number of benzene rings is 1. The van der Waals surface area contributed by atoms with Gasteiger partial charge in [0.1, 0.15) is 0 Å². The van der Waals surface area contributed by atoms with Crippen LogP contribution in [0, 0.1) is 22.7 Å². The largest absolute Gasteiger partial charge is 0.390 e. The Balaban J connectivity index is 1.22. The average Bonchev–Trinajstić information content (AvgIpc) is 3.11. The average molecular weight is 474 g/mol. The third-order valence-electron chi connectivity index (χ3n) is 11.4. The molecule has 6 heteroatoms. The predicted octanol–water partition coefficient (Wildman–Crippen LogP) is 3.67. The number of rotatable bonds is 2. The highest BCUT2D eigenvalue weighted by Gasteiger charge is 2.84. The number of aliphatic hydroxyl groups is 2. The van der Waals surface area contributed by atoms with Crippen molar-refractivity contribution in [1.29, 1.82) is 0 Å². The van der Waals surface area contributed by atoms with E-state index in [0.717, 1.165) is 49.4 Å². The number of nitrogens with one attached hydrogen (secondary N) is 1. The van der Waals surface area contributed by atoms with Crippen molar-refractivity contribution in [2.75, 3.05) is 14.1 Å². The van der Waals surface area contributed by atoms with Gasteiger partial charge in [-0.05, 0) is 81.3 Å². The highest BCUT2D eigenvalue weighted by molar-refractivity contribution is 5.84. The smallest absolute Gasteiger partial charge is 0.0961 e. The van der Waals surface area contributed by atoms with Crippen LogP contribution in [0.15, 0.2) is 42.1 Å². The van der Waals surface area contributed by atoms with E-state index in [0.29, 0.717) is 11.8 Å². The number of aromatic amines is 1. The highest BCUT2D eigenvalue weighted by Crippen LogP contribution is 2.81.